The summed E-state index contributed by atoms with van der Waals surface area (Å²) in [6.07, 6.45) is 1.53. The molecule has 1 rings (SSSR count). The van der Waals surface area contributed by atoms with Crippen LogP contribution in [0.2, 0.25) is 0 Å². The number of benzene rings is 1. The molecule has 0 fully saturated rings. The molecule has 0 spiro atoms. The average Bonchev–Trinajstić information content (AvgIpc) is 2.02. The van der Waals surface area contributed by atoms with E-state index < -0.39 is 7.52 Å². The van der Waals surface area contributed by atoms with Crippen molar-refractivity contribution in [3.05, 3.63) is 41.7 Å². The van der Waals surface area contributed by atoms with E-state index in [9.17, 15) is 4.57 Å². The first-order valence-corrected chi connectivity index (χ1v) is 5.23. The van der Waals surface area contributed by atoms with Gasteiger partial charge in [0.05, 0.1) is 0 Å². The molecule has 1 aromatic carbocycles. The number of hydrogen-bond donors (Lipinski definition) is 2. The van der Waals surface area contributed by atoms with Crippen LogP contribution in [0.1, 0.15) is 5.56 Å². The summed E-state index contributed by atoms with van der Waals surface area (Å²) in [5, 5.41) is 0. The molecule has 0 aliphatic carbocycles. The van der Waals surface area contributed by atoms with E-state index in [1.165, 1.54) is 6.08 Å². The van der Waals surface area contributed by atoms with Gasteiger partial charge in [-0.3, -0.25) is 10.1 Å². The van der Waals surface area contributed by atoms with Crippen molar-refractivity contribution < 1.29 is 9.46 Å². The first-order chi connectivity index (χ1) is 5.58. The zero-order valence-corrected chi connectivity index (χ0v) is 7.32. The SMILES string of the molecule is NP(=O)(O)C=Cc1ccccc1. The van der Waals surface area contributed by atoms with Gasteiger partial charge in [-0.1, -0.05) is 30.3 Å². The molecule has 0 saturated carbocycles. The van der Waals surface area contributed by atoms with Crippen molar-refractivity contribution in [3.63, 3.8) is 0 Å². The average molecular weight is 183 g/mol. The number of rotatable bonds is 2. The lowest BCUT2D eigenvalue weighted by molar-refractivity contribution is 0.490. The fourth-order valence-electron chi connectivity index (χ4n) is 0.757. The molecular weight excluding hydrogens is 173 g/mol. The number of hydrogen-bond acceptors (Lipinski definition) is 1. The molecule has 3 N–H and O–H groups in total. The molecule has 4 heteroatoms. The summed E-state index contributed by atoms with van der Waals surface area (Å²) in [7, 11) is -3.51. The van der Waals surface area contributed by atoms with Crippen molar-refractivity contribution in [2.45, 2.75) is 0 Å². The van der Waals surface area contributed by atoms with Gasteiger partial charge in [-0.2, -0.15) is 0 Å². The predicted molar refractivity (Wildman–Crippen MR) is 49.5 cm³/mol. The smallest absolute Gasteiger partial charge is 0.287 e. The van der Waals surface area contributed by atoms with E-state index in [0.717, 1.165) is 11.4 Å². The third kappa shape index (κ3) is 3.49. The second-order valence-electron chi connectivity index (χ2n) is 2.40. The monoisotopic (exact) mass is 183 g/mol. The number of nitrogens with two attached hydrogens (primary N) is 1. The largest absolute Gasteiger partial charge is 0.331 e. The Morgan fingerprint density at radius 2 is 1.92 bits per heavy atom. The van der Waals surface area contributed by atoms with Crippen molar-refractivity contribution in [2.24, 2.45) is 5.50 Å². The van der Waals surface area contributed by atoms with E-state index in [2.05, 4.69) is 0 Å². The van der Waals surface area contributed by atoms with Gasteiger partial charge in [0.15, 0.2) is 0 Å². The second kappa shape index (κ2) is 3.68. The molecule has 0 aliphatic heterocycles. The molecule has 3 nitrogen and oxygen atoms in total. The summed E-state index contributed by atoms with van der Waals surface area (Å²) >= 11 is 0. The molecule has 0 bridgehead atoms. The first kappa shape index (κ1) is 9.20. The van der Waals surface area contributed by atoms with Gasteiger partial charge < -0.3 is 4.89 Å². The Kier molecular flexibility index (Phi) is 2.82. The van der Waals surface area contributed by atoms with Crippen LogP contribution in [0.25, 0.3) is 6.08 Å². The van der Waals surface area contributed by atoms with E-state index in [1.54, 1.807) is 0 Å². The van der Waals surface area contributed by atoms with E-state index in [1.807, 2.05) is 30.3 Å². The predicted octanol–water partition coefficient (Wildman–Crippen LogP) is 1.80. The van der Waals surface area contributed by atoms with Crippen molar-refractivity contribution in [3.8, 4) is 0 Å². The normalized spacial score (nSPS) is 16.2. The van der Waals surface area contributed by atoms with Crippen LogP contribution in [0.5, 0.6) is 0 Å². The van der Waals surface area contributed by atoms with Crippen LogP contribution in [-0.4, -0.2) is 4.89 Å². The topological polar surface area (TPSA) is 63.3 Å². The van der Waals surface area contributed by atoms with E-state index in [4.69, 9.17) is 10.4 Å². The van der Waals surface area contributed by atoms with Crippen LogP contribution < -0.4 is 5.50 Å². The van der Waals surface area contributed by atoms with Crippen molar-refractivity contribution in [1.82, 2.24) is 0 Å². The van der Waals surface area contributed by atoms with Crippen LogP contribution in [-0.2, 0) is 4.57 Å². The van der Waals surface area contributed by atoms with Gasteiger partial charge >= 0.3 is 0 Å². The van der Waals surface area contributed by atoms with Crippen molar-refractivity contribution in [1.29, 1.82) is 0 Å². The molecule has 0 aromatic heterocycles. The minimum absolute atomic E-state index is 0.859. The van der Waals surface area contributed by atoms with Gasteiger partial charge in [0.2, 0.25) is 0 Å². The highest BCUT2D eigenvalue weighted by molar-refractivity contribution is 7.58. The molecule has 0 heterocycles. The van der Waals surface area contributed by atoms with Gasteiger partial charge in [0.1, 0.15) is 0 Å². The highest BCUT2D eigenvalue weighted by atomic mass is 31.2. The lowest BCUT2D eigenvalue weighted by Crippen LogP contribution is -1.86. The van der Waals surface area contributed by atoms with Crippen molar-refractivity contribution in [2.75, 3.05) is 0 Å². The van der Waals surface area contributed by atoms with Gasteiger partial charge in [-0.25, -0.2) is 0 Å². The Morgan fingerprint density at radius 1 is 1.33 bits per heavy atom. The highest BCUT2D eigenvalue weighted by Crippen LogP contribution is 2.32. The van der Waals surface area contributed by atoms with E-state index in [-0.39, 0.29) is 0 Å². The lowest BCUT2D eigenvalue weighted by Gasteiger charge is -1.95. The third-order valence-corrected chi connectivity index (χ3v) is 1.86. The summed E-state index contributed by atoms with van der Waals surface area (Å²) < 4.78 is 10.6. The lowest BCUT2D eigenvalue weighted by atomic mass is 10.2. The maximum Gasteiger partial charge on any atom is 0.287 e. The summed E-state index contributed by atoms with van der Waals surface area (Å²) in [6, 6.07) is 9.22. The van der Waals surface area contributed by atoms with E-state index >= 15 is 0 Å². The Labute approximate surface area is 71.0 Å². The molecule has 0 amide bonds. The van der Waals surface area contributed by atoms with Gasteiger partial charge in [-0.05, 0) is 11.6 Å². The minimum atomic E-state index is -3.51. The Hall–Kier alpha value is -0.890. The van der Waals surface area contributed by atoms with Crippen LogP contribution >= 0.6 is 7.52 Å². The van der Waals surface area contributed by atoms with E-state index in [0.29, 0.717) is 0 Å². The zero-order valence-electron chi connectivity index (χ0n) is 6.42. The second-order valence-corrected chi connectivity index (χ2v) is 4.04. The quantitative estimate of drug-likeness (QED) is 0.687. The molecule has 1 unspecified atom stereocenters. The molecule has 0 saturated heterocycles. The zero-order chi connectivity index (χ0) is 9.03. The maximum atomic E-state index is 10.6. The molecule has 1 atom stereocenters. The standard InChI is InChI=1S/C8H10NO2P/c9-12(10,11)7-6-8-4-2-1-3-5-8/h1-7H,(H3,9,10,11). The van der Waals surface area contributed by atoms with Gasteiger partial charge in [0, 0.05) is 5.82 Å². The van der Waals surface area contributed by atoms with Gasteiger partial charge in [0.25, 0.3) is 7.52 Å². The summed E-state index contributed by atoms with van der Waals surface area (Å²) in [5.74, 6) is 1.11. The van der Waals surface area contributed by atoms with Crippen LogP contribution in [0, 0.1) is 0 Å². The molecule has 12 heavy (non-hydrogen) atoms. The highest BCUT2D eigenvalue weighted by Gasteiger charge is 2.01. The summed E-state index contributed by atoms with van der Waals surface area (Å²) in [5.41, 5.74) is 5.77. The molecular formula is C8H10NO2P. The Balaban J connectivity index is 2.78. The Bertz CT molecular complexity index is 315. The van der Waals surface area contributed by atoms with Crippen LogP contribution in [0.15, 0.2) is 36.1 Å². The third-order valence-electron chi connectivity index (χ3n) is 1.28. The molecule has 0 radical (unpaired) electrons. The summed E-state index contributed by atoms with van der Waals surface area (Å²) in [4.78, 5) is 8.73. The van der Waals surface area contributed by atoms with Gasteiger partial charge in [-0.15, -0.1) is 0 Å². The van der Waals surface area contributed by atoms with Crippen molar-refractivity contribution >= 4 is 13.6 Å². The maximum absolute atomic E-state index is 10.6. The fourth-order valence-corrected chi connectivity index (χ4v) is 1.14. The summed E-state index contributed by atoms with van der Waals surface area (Å²) in [6.45, 7) is 0. The molecule has 1 aromatic rings. The fraction of sp³-hybridized carbons (Fsp3) is 0. The first-order valence-electron chi connectivity index (χ1n) is 3.43. The molecule has 64 valence electrons. The Morgan fingerprint density at radius 3 is 2.42 bits per heavy atom. The van der Waals surface area contributed by atoms with Crippen LogP contribution in [0.4, 0.5) is 0 Å². The van der Waals surface area contributed by atoms with Crippen LogP contribution in [0.3, 0.4) is 0 Å². The minimum Gasteiger partial charge on any atom is -0.331 e. The molecule has 0 aliphatic rings.